The van der Waals surface area contributed by atoms with Gasteiger partial charge in [-0.2, -0.15) is 0 Å². The van der Waals surface area contributed by atoms with E-state index in [9.17, 15) is 20.1 Å². The molecule has 21 heavy (non-hydrogen) atoms. The number of hydrogen-bond acceptors (Lipinski definition) is 4. The summed E-state index contributed by atoms with van der Waals surface area (Å²) < 4.78 is 0. The smallest absolute Gasteiger partial charge is 0.244 e. The first kappa shape index (κ1) is 14.5. The zero-order chi connectivity index (χ0) is 15.2. The van der Waals surface area contributed by atoms with Gasteiger partial charge >= 0.3 is 0 Å². The zero-order valence-corrected chi connectivity index (χ0v) is 11.2. The molecule has 4 N–H and O–H groups in total. The molecular weight excluding hydrogens is 270 g/mol. The lowest BCUT2D eigenvalue weighted by Crippen LogP contribution is -2.20. The molecule has 1 amide bonds. The van der Waals surface area contributed by atoms with Gasteiger partial charge in [-0.05, 0) is 29.8 Å². The van der Waals surface area contributed by atoms with Gasteiger partial charge in [0, 0.05) is 18.2 Å². The average molecular weight is 285 g/mol. The topological polar surface area (TPSA) is 89.8 Å². The van der Waals surface area contributed by atoms with Gasteiger partial charge in [-0.25, -0.2) is 0 Å². The van der Waals surface area contributed by atoms with Crippen LogP contribution in [0.15, 0.2) is 48.5 Å². The second-order valence-electron chi connectivity index (χ2n) is 4.43. The van der Waals surface area contributed by atoms with Crippen molar-refractivity contribution in [2.24, 2.45) is 0 Å². The van der Waals surface area contributed by atoms with Crippen molar-refractivity contribution in [3.63, 3.8) is 0 Å². The van der Waals surface area contributed by atoms with Crippen molar-refractivity contribution in [1.82, 2.24) is 5.32 Å². The average Bonchev–Trinajstić information content (AvgIpc) is 2.47. The summed E-state index contributed by atoms with van der Waals surface area (Å²) in [6.07, 6.45) is 2.83. The van der Waals surface area contributed by atoms with Crippen molar-refractivity contribution in [3.05, 3.63) is 59.7 Å². The van der Waals surface area contributed by atoms with Crippen LogP contribution in [0, 0.1) is 0 Å². The molecule has 0 saturated carbocycles. The highest BCUT2D eigenvalue weighted by Gasteiger charge is 2.02. The van der Waals surface area contributed by atoms with Gasteiger partial charge in [-0.3, -0.25) is 4.79 Å². The van der Waals surface area contributed by atoms with Crippen LogP contribution in [0.3, 0.4) is 0 Å². The number of carbonyl (C=O) groups excluding carboxylic acids is 1. The van der Waals surface area contributed by atoms with Gasteiger partial charge in [0.25, 0.3) is 0 Å². The molecule has 0 bridgehead atoms. The summed E-state index contributed by atoms with van der Waals surface area (Å²) in [4.78, 5) is 11.7. The van der Waals surface area contributed by atoms with E-state index in [0.717, 1.165) is 0 Å². The van der Waals surface area contributed by atoms with E-state index in [0.29, 0.717) is 11.1 Å². The van der Waals surface area contributed by atoms with Crippen LogP contribution in [0.4, 0.5) is 0 Å². The fraction of sp³-hybridized carbons (Fsp3) is 0.0625. The molecule has 0 unspecified atom stereocenters. The summed E-state index contributed by atoms with van der Waals surface area (Å²) in [6.45, 7) is 0.220. The van der Waals surface area contributed by atoms with E-state index < -0.39 is 0 Å². The van der Waals surface area contributed by atoms with E-state index in [1.807, 2.05) is 0 Å². The maximum Gasteiger partial charge on any atom is 0.244 e. The highest BCUT2D eigenvalue weighted by molar-refractivity contribution is 5.92. The number of phenolic OH excluding ortho intramolecular Hbond substituents is 3. The maximum atomic E-state index is 11.7. The standard InChI is InChI=1S/C16H15NO4/c18-13-4-2-1-3-12(13)6-8-16(21)17-10-11-5-7-14(19)15(20)9-11/h1-9,18-20H,10H2,(H,17,21)/b8-6+. The SMILES string of the molecule is O=C(/C=C/c1ccccc1O)NCc1ccc(O)c(O)c1. The molecule has 0 saturated heterocycles. The third-order valence-electron chi connectivity index (χ3n) is 2.86. The minimum Gasteiger partial charge on any atom is -0.507 e. The molecule has 0 aliphatic rings. The van der Waals surface area contributed by atoms with E-state index >= 15 is 0 Å². The van der Waals surface area contributed by atoms with Crippen molar-refractivity contribution in [2.45, 2.75) is 6.54 Å². The summed E-state index contributed by atoms with van der Waals surface area (Å²) in [5, 5.41) is 30.7. The molecule has 0 aliphatic heterocycles. The minimum atomic E-state index is -0.328. The van der Waals surface area contributed by atoms with Gasteiger partial charge in [0.1, 0.15) is 5.75 Å². The van der Waals surface area contributed by atoms with Gasteiger partial charge in [-0.15, -0.1) is 0 Å². The van der Waals surface area contributed by atoms with Crippen LogP contribution >= 0.6 is 0 Å². The summed E-state index contributed by atoms with van der Waals surface area (Å²) in [7, 11) is 0. The van der Waals surface area contributed by atoms with Crippen LogP contribution < -0.4 is 5.32 Å². The molecular formula is C16H15NO4. The number of hydrogen-bond donors (Lipinski definition) is 4. The van der Waals surface area contributed by atoms with E-state index in [-0.39, 0.29) is 29.7 Å². The molecule has 0 spiro atoms. The molecule has 0 fully saturated rings. The predicted octanol–water partition coefficient (Wildman–Crippen LogP) is 2.13. The van der Waals surface area contributed by atoms with Crippen molar-refractivity contribution in [3.8, 4) is 17.2 Å². The Hall–Kier alpha value is -2.95. The number of amides is 1. The zero-order valence-electron chi connectivity index (χ0n) is 11.2. The van der Waals surface area contributed by atoms with Gasteiger partial charge in [0.05, 0.1) is 0 Å². The monoisotopic (exact) mass is 285 g/mol. The minimum absolute atomic E-state index is 0.102. The fourth-order valence-corrected chi connectivity index (χ4v) is 1.72. The molecule has 2 rings (SSSR count). The molecule has 5 nitrogen and oxygen atoms in total. The molecule has 0 aliphatic carbocycles. The molecule has 0 radical (unpaired) electrons. The highest BCUT2D eigenvalue weighted by Crippen LogP contribution is 2.24. The summed E-state index contributed by atoms with van der Waals surface area (Å²) in [5.74, 6) is -0.660. The Kier molecular flexibility index (Phi) is 4.46. The summed E-state index contributed by atoms with van der Waals surface area (Å²) >= 11 is 0. The lowest BCUT2D eigenvalue weighted by molar-refractivity contribution is -0.116. The molecule has 2 aromatic rings. The number of para-hydroxylation sites is 1. The lowest BCUT2D eigenvalue weighted by Gasteiger charge is -2.04. The number of aromatic hydroxyl groups is 3. The Balaban J connectivity index is 1.93. The normalized spacial score (nSPS) is 10.7. The summed E-state index contributed by atoms with van der Waals surface area (Å²) in [6, 6.07) is 11.0. The second kappa shape index (κ2) is 6.47. The van der Waals surface area contributed by atoms with E-state index in [1.54, 1.807) is 24.3 Å². The quantitative estimate of drug-likeness (QED) is 0.512. The van der Waals surface area contributed by atoms with Crippen molar-refractivity contribution >= 4 is 12.0 Å². The first-order chi connectivity index (χ1) is 10.1. The third-order valence-corrected chi connectivity index (χ3v) is 2.86. The van der Waals surface area contributed by atoms with E-state index in [4.69, 9.17) is 0 Å². The summed E-state index contributed by atoms with van der Waals surface area (Å²) in [5.41, 5.74) is 1.21. The number of rotatable bonds is 4. The third kappa shape index (κ3) is 4.01. The van der Waals surface area contributed by atoms with Crippen LogP contribution in [0.25, 0.3) is 6.08 Å². The highest BCUT2D eigenvalue weighted by atomic mass is 16.3. The van der Waals surface area contributed by atoms with Crippen LogP contribution in [-0.2, 0) is 11.3 Å². The van der Waals surface area contributed by atoms with Gasteiger partial charge < -0.3 is 20.6 Å². The molecule has 0 atom stereocenters. The first-order valence-electron chi connectivity index (χ1n) is 6.31. The Morgan fingerprint density at radius 2 is 1.76 bits per heavy atom. The molecule has 2 aromatic carbocycles. The van der Waals surface area contributed by atoms with Crippen LogP contribution in [0.1, 0.15) is 11.1 Å². The second-order valence-corrected chi connectivity index (χ2v) is 4.43. The van der Waals surface area contributed by atoms with Crippen LogP contribution in [0.5, 0.6) is 17.2 Å². The number of nitrogens with one attached hydrogen (secondary N) is 1. The van der Waals surface area contributed by atoms with E-state index in [1.165, 1.54) is 30.4 Å². The molecule has 5 heteroatoms. The van der Waals surface area contributed by atoms with Gasteiger partial charge in [0.15, 0.2) is 11.5 Å². The van der Waals surface area contributed by atoms with Crippen LogP contribution in [0.2, 0.25) is 0 Å². The number of carbonyl (C=O) groups is 1. The van der Waals surface area contributed by atoms with E-state index in [2.05, 4.69) is 5.32 Å². The molecule has 0 heterocycles. The van der Waals surface area contributed by atoms with Gasteiger partial charge in [-0.1, -0.05) is 24.3 Å². The van der Waals surface area contributed by atoms with Crippen molar-refractivity contribution in [2.75, 3.05) is 0 Å². The Morgan fingerprint density at radius 1 is 1.00 bits per heavy atom. The molecule has 108 valence electrons. The maximum absolute atomic E-state index is 11.7. The van der Waals surface area contributed by atoms with Gasteiger partial charge in [0.2, 0.25) is 5.91 Å². The van der Waals surface area contributed by atoms with Crippen molar-refractivity contribution < 1.29 is 20.1 Å². The number of phenols is 3. The number of benzene rings is 2. The predicted molar refractivity (Wildman–Crippen MR) is 78.8 cm³/mol. The van der Waals surface area contributed by atoms with Crippen LogP contribution in [-0.4, -0.2) is 21.2 Å². The lowest BCUT2D eigenvalue weighted by atomic mass is 10.2. The molecule has 0 aromatic heterocycles. The van der Waals surface area contributed by atoms with Crippen molar-refractivity contribution in [1.29, 1.82) is 0 Å². The Labute approximate surface area is 121 Å². The fourth-order valence-electron chi connectivity index (χ4n) is 1.72. The Morgan fingerprint density at radius 3 is 2.48 bits per heavy atom. The largest absolute Gasteiger partial charge is 0.507 e. The first-order valence-corrected chi connectivity index (χ1v) is 6.31. The Bertz CT molecular complexity index is 680.